The lowest BCUT2D eigenvalue weighted by atomic mass is 9.95. The Kier molecular flexibility index (Phi) is 13.7. The minimum Gasteiger partial charge on any atom is -0.508 e. The maximum Gasteiger partial charge on any atom is 0.319 e. The number of hydrogen-bond acceptors (Lipinski definition) is 10. The van der Waals surface area contributed by atoms with Crippen molar-refractivity contribution in [1.82, 2.24) is 30.1 Å². The molecule has 0 bridgehead atoms. The van der Waals surface area contributed by atoms with Crippen LogP contribution in [-0.4, -0.2) is 124 Å². The number of phenols is 1. The molecule has 2 atom stereocenters. The van der Waals surface area contributed by atoms with Gasteiger partial charge in [0.05, 0.1) is 37.9 Å². The number of rotatable bonds is 12. The average molecular weight is 852 g/mol. The Bertz CT molecular complexity index is 2280. The molecular weight excluding hydrogens is 799 g/mol. The molecule has 0 spiro atoms. The van der Waals surface area contributed by atoms with E-state index in [1.165, 1.54) is 45.2 Å². The molecule has 1 saturated carbocycles. The number of urea groups is 1. The largest absolute Gasteiger partial charge is 0.508 e. The van der Waals surface area contributed by atoms with Gasteiger partial charge < -0.3 is 39.7 Å². The maximum absolute atomic E-state index is 17.4. The molecule has 1 aliphatic carbocycles. The van der Waals surface area contributed by atoms with Crippen LogP contribution in [0.3, 0.4) is 0 Å². The molecule has 3 aliphatic rings. The summed E-state index contributed by atoms with van der Waals surface area (Å²) in [5.74, 6) is 0.791. The molecule has 13 nitrogen and oxygen atoms in total. The second kappa shape index (κ2) is 18.6. The topological polar surface area (TPSA) is 153 Å². The van der Waals surface area contributed by atoms with Crippen LogP contribution in [0, 0.1) is 29.4 Å². The Morgan fingerprint density at radius 2 is 1.74 bits per heavy atom. The number of hydrogen-bond donors (Lipinski definition) is 3. The molecule has 7 rings (SSSR count). The Hall–Kier alpha value is -5.63. The van der Waals surface area contributed by atoms with Crippen LogP contribution < -0.4 is 19.7 Å². The first-order valence-electron chi connectivity index (χ1n) is 20.5. The minimum absolute atomic E-state index is 0.0324. The van der Waals surface area contributed by atoms with E-state index in [1.54, 1.807) is 4.90 Å². The number of nitrogens with zero attached hydrogens (tertiary/aromatic N) is 6. The highest BCUT2D eigenvalue weighted by Gasteiger charge is 2.46. The van der Waals surface area contributed by atoms with Gasteiger partial charge in [0, 0.05) is 49.1 Å². The summed E-state index contributed by atoms with van der Waals surface area (Å²) in [6.07, 6.45) is 8.88. The zero-order valence-corrected chi connectivity index (χ0v) is 35.1. The first-order valence-corrected chi connectivity index (χ1v) is 20.5. The summed E-state index contributed by atoms with van der Waals surface area (Å²) in [5, 5.41) is 21.1. The van der Waals surface area contributed by atoms with Crippen LogP contribution in [0.4, 0.5) is 28.2 Å². The predicted molar refractivity (Wildman–Crippen MR) is 224 cm³/mol. The van der Waals surface area contributed by atoms with Crippen LogP contribution >= 0.6 is 0 Å². The number of piperidine rings is 1. The number of alkyl halides is 2. The van der Waals surface area contributed by atoms with E-state index in [1.807, 2.05) is 18.7 Å². The molecule has 3 N–H and O–H groups in total. The van der Waals surface area contributed by atoms with Crippen molar-refractivity contribution in [3.05, 3.63) is 41.5 Å². The number of likely N-dealkylation sites (tertiary alicyclic amines) is 1. The first-order chi connectivity index (χ1) is 29.1. The normalized spacial score (nSPS) is 19.2. The van der Waals surface area contributed by atoms with E-state index >= 15 is 8.78 Å². The molecule has 2 aromatic heterocycles. The van der Waals surface area contributed by atoms with Gasteiger partial charge in [-0.15, -0.1) is 6.42 Å². The molecule has 2 aliphatic heterocycles. The molecule has 4 heterocycles. The van der Waals surface area contributed by atoms with Crippen LogP contribution in [0.1, 0.15) is 71.8 Å². The monoisotopic (exact) mass is 851 g/mol. The number of carbonyl (C=O) groups is 2. The maximum atomic E-state index is 17.4. The smallest absolute Gasteiger partial charge is 0.319 e. The van der Waals surface area contributed by atoms with Gasteiger partial charge in [-0.05, 0) is 76.0 Å². The van der Waals surface area contributed by atoms with Gasteiger partial charge in [-0.2, -0.15) is 9.97 Å². The lowest BCUT2D eigenvalue weighted by molar-refractivity contribution is -0.122. The molecule has 3 fully saturated rings. The van der Waals surface area contributed by atoms with Gasteiger partial charge in [-0.25, -0.2) is 27.3 Å². The number of carboxylic acid groups (broad SMARTS) is 1. The number of methoxy groups -OCH3 is 1. The number of pyridine rings is 1. The van der Waals surface area contributed by atoms with Crippen LogP contribution in [-0.2, 0) is 4.79 Å². The number of ether oxygens (including phenoxy) is 2. The third kappa shape index (κ3) is 9.80. The van der Waals surface area contributed by atoms with Crippen LogP contribution in [0.15, 0.2) is 24.3 Å². The Labute approximate surface area is 352 Å². The molecule has 17 heteroatoms. The zero-order valence-electron chi connectivity index (χ0n) is 35.1. The number of carbonyl (C=O) groups excluding carboxylic acids is 1. The summed E-state index contributed by atoms with van der Waals surface area (Å²) in [4.78, 5) is 42.1. The van der Waals surface area contributed by atoms with Gasteiger partial charge in [0.15, 0.2) is 5.82 Å². The fourth-order valence-corrected chi connectivity index (χ4v) is 8.34. The number of anilines is 1. The summed E-state index contributed by atoms with van der Waals surface area (Å²) in [6, 6.07) is 4.17. The lowest BCUT2D eigenvalue weighted by Crippen LogP contribution is -2.63. The standard InChI is InChI=1S/C43H51F4N7O4.CH2O2/c1-7-27-20-53(21-28(8-2)54(27)41(56)48-22-42(4,5)47)38-34-37(50-40(51-38)58-24-43(14-15-43)23-52-16-12-26(44)13-17-52)35(46)36(49-39(34)57-6)31-19-29(55)18-25-10-11-32(45)30(9-3)33(25)31;2-1-3/h3,10-11,18-19,26-28,55H,7-8,12-17,20-24H2,1-2,4-6H3,(H,48,56);1H,(H,2,3). The number of aromatic nitrogens is 3. The van der Waals surface area contributed by atoms with Gasteiger partial charge in [0.25, 0.3) is 6.47 Å². The molecule has 2 aromatic carbocycles. The molecule has 4 aromatic rings. The summed E-state index contributed by atoms with van der Waals surface area (Å²) in [5.41, 5.74) is -2.35. The van der Waals surface area contributed by atoms with Crippen molar-refractivity contribution in [1.29, 1.82) is 0 Å². The van der Waals surface area contributed by atoms with Crippen LogP contribution in [0.5, 0.6) is 17.6 Å². The van der Waals surface area contributed by atoms with E-state index in [0.717, 1.165) is 19.4 Å². The Morgan fingerprint density at radius 3 is 2.31 bits per heavy atom. The summed E-state index contributed by atoms with van der Waals surface area (Å²) in [7, 11) is 1.38. The number of fused-ring (bicyclic) bond motifs is 2. The van der Waals surface area contributed by atoms with E-state index < -0.39 is 23.5 Å². The second-order valence-corrected chi connectivity index (χ2v) is 16.7. The van der Waals surface area contributed by atoms with E-state index in [0.29, 0.717) is 44.2 Å². The zero-order chi connectivity index (χ0) is 44.2. The van der Waals surface area contributed by atoms with Crippen molar-refractivity contribution >= 4 is 40.0 Å². The van der Waals surface area contributed by atoms with Crippen molar-refractivity contribution in [2.45, 2.75) is 90.1 Å². The predicted octanol–water partition coefficient (Wildman–Crippen LogP) is 7.25. The minimum atomic E-state index is -1.60. The van der Waals surface area contributed by atoms with Crippen molar-refractivity contribution in [2.75, 3.05) is 57.9 Å². The van der Waals surface area contributed by atoms with E-state index in [-0.39, 0.29) is 113 Å². The number of nitrogens with one attached hydrogen (secondary N) is 1. The molecular formula is C44H53F4N7O6. The van der Waals surface area contributed by atoms with Crippen LogP contribution in [0.25, 0.3) is 32.9 Å². The number of halogens is 4. The number of amides is 2. The average Bonchev–Trinajstić information content (AvgIpc) is 4.01. The fraction of sp³-hybridized carbons (Fsp3) is 0.523. The number of aromatic hydroxyl groups is 1. The fourth-order valence-electron chi connectivity index (χ4n) is 8.34. The number of phenolic OH excluding ortho intramolecular Hbond substituents is 1. The quantitative estimate of drug-likeness (QED) is 0.0751. The highest BCUT2D eigenvalue weighted by atomic mass is 19.1. The third-order valence-corrected chi connectivity index (χ3v) is 11.7. The Morgan fingerprint density at radius 1 is 1.08 bits per heavy atom. The van der Waals surface area contributed by atoms with E-state index in [4.69, 9.17) is 30.8 Å². The molecule has 0 radical (unpaired) electrons. The highest BCUT2D eigenvalue weighted by Crippen LogP contribution is 2.48. The number of benzene rings is 2. The van der Waals surface area contributed by atoms with Gasteiger partial charge in [0.2, 0.25) is 5.88 Å². The van der Waals surface area contributed by atoms with Crippen LogP contribution in [0.2, 0.25) is 0 Å². The molecule has 61 heavy (non-hydrogen) atoms. The van der Waals surface area contributed by atoms with Crippen molar-refractivity contribution in [3.8, 4) is 41.2 Å². The van der Waals surface area contributed by atoms with Gasteiger partial charge >= 0.3 is 12.0 Å². The van der Waals surface area contributed by atoms with Gasteiger partial charge in [-0.3, -0.25) is 4.79 Å². The van der Waals surface area contributed by atoms with Gasteiger partial charge in [0.1, 0.15) is 45.8 Å². The number of piperazine rings is 1. The summed E-state index contributed by atoms with van der Waals surface area (Å²) in [6.45, 7) is 9.21. The first kappa shape index (κ1) is 44.9. The lowest BCUT2D eigenvalue weighted by Gasteiger charge is -2.47. The van der Waals surface area contributed by atoms with Crippen molar-refractivity contribution < 1.29 is 46.8 Å². The van der Waals surface area contributed by atoms with Crippen molar-refractivity contribution in [2.24, 2.45) is 5.41 Å². The third-order valence-electron chi connectivity index (χ3n) is 11.7. The van der Waals surface area contributed by atoms with E-state index in [9.17, 15) is 18.7 Å². The van der Waals surface area contributed by atoms with Crippen molar-refractivity contribution in [3.63, 3.8) is 0 Å². The van der Waals surface area contributed by atoms with E-state index in [2.05, 4.69) is 26.1 Å². The van der Waals surface area contributed by atoms with Gasteiger partial charge in [-0.1, -0.05) is 25.8 Å². The molecule has 328 valence electrons. The summed E-state index contributed by atoms with van der Waals surface area (Å²) >= 11 is 0. The molecule has 2 saturated heterocycles. The number of terminal acetylenes is 1. The highest BCUT2D eigenvalue weighted by molar-refractivity contribution is 6.04. The Balaban J connectivity index is 0.00000201. The SMILES string of the molecule is C#Cc1c(F)ccc2cc(O)cc(-c3nc(OC)c4c(N5CC(CC)N(C(=O)NCC(C)(C)F)C(CC)C5)nc(OCC5(CN6CCC(F)CC6)CC5)nc4c3F)c12.O=CO. The molecule has 2 amide bonds. The molecule has 2 unspecified atom stereocenters. The second-order valence-electron chi connectivity index (χ2n) is 16.7. The summed E-state index contributed by atoms with van der Waals surface area (Å²) < 4.78 is 73.1.